The summed E-state index contributed by atoms with van der Waals surface area (Å²) in [5, 5.41) is 13.3. The number of hydrogen-bond donors (Lipinski definition) is 2. The van der Waals surface area contributed by atoms with Gasteiger partial charge in [-0.25, -0.2) is 9.78 Å². The molecule has 0 fully saturated rings. The molecule has 0 saturated heterocycles. The van der Waals surface area contributed by atoms with Gasteiger partial charge < -0.3 is 10.1 Å². The van der Waals surface area contributed by atoms with Gasteiger partial charge in [-0.1, -0.05) is 20.8 Å². The highest BCUT2D eigenvalue weighted by atomic mass is 16.4. The van der Waals surface area contributed by atoms with Gasteiger partial charge >= 0.3 is 5.97 Å². The van der Waals surface area contributed by atoms with Crippen LogP contribution in [-0.2, 0) is 12.5 Å². The Morgan fingerprint density at radius 1 is 1.44 bits per heavy atom. The summed E-state index contributed by atoms with van der Waals surface area (Å²) in [5.74, 6) is -0.370. The molecule has 2 aromatic heterocycles. The third-order valence-electron chi connectivity index (χ3n) is 2.69. The molecule has 6 nitrogen and oxygen atoms in total. The Balaban J connectivity index is 2.63. The molecule has 2 aromatic rings. The summed E-state index contributed by atoms with van der Waals surface area (Å²) < 4.78 is 1.61. The molecule has 2 rings (SSSR count). The summed E-state index contributed by atoms with van der Waals surface area (Å²) in [6, 6.07) is 1.75. The number of nitrogens with one attached hydrogen (secondary N) is 1. The van der Waals surface area contributed by atoms with E-state index in [0.29, 0.717) is 17.2 Å². The molecule has 0 bridgehead atoms. The molecule has 2 N–H and O–H groups in total. The zero-order chi connectivity index (χ0) is 13.5. The molecular weight excluding hydrogens is 232 g/mol. The van der Waals surface area contributed by atoms with Crippen LogP contribution in [0, 0.1) is 0 Å². The van der Waals surface area contributed by atoms with Gasteiger partial charge in [0.1, 0.15) is 11.5 Å². The van der Waals surface area contributed by atoms with Crippen molar-refractivity contribution in [3.8, 4) is 11.4 Å². The summed E-state index contributed by atoms with van der Waals surface area (Å²) in [4.78, 5) is 18.6. The van der Waals surface area contributed by atoms with Gasteiger partial charge in [-0.3, -0.25) is 4.68 Å². The van der Waals surface area contributed by atoms with Crippen molar-refractivity contribution in [2.24, 2.45) is 7.05 Å². The smallest absolute Gasteiger partial charge is 0.354 e. The van der Waals surface area contributed by atoms with Gasteiger partial charge in [-0.2, -0.15) is 5.10 Å². The predicted octanol–water partition coefficient (Wildman–Crippen LogP) is 1.81. The first kappa shape index (κ1) is 12.3. The second-order valence-corrected chi connectivity index (χ2v) is 5.20. The monoisotopic (exact) mass is 248 g/mol. The Morgan fingerprint density at radius 3 is 2.56 bits per heavy atom. The highest BCUT2D eigenvalue weighted by Crippen LogP contribution is 2.26. The first-order valence-corrected chi connectivity index (χ1v) is 5.63. The Kier molecular flexibility index (Phi) is 2.73. The third-order valence-corrected chi connectivity index (χ3v) is 2.69. The lowest BCUT2D eigenvalue weighted by atomic mass is 9.96. The van der Waals surface area contributed by atoms with Gasteiger partial charge in [0.25, 0.3) is 0 Å². The molecule has 0 radical (unpaired) electrons. The number of H-pyrrole nitrogens is 1. The lowest BCUT2D eigenvalue weighted by molar-refractivity contribution is 0.0691. The van der Waals surface area contributed by atoms with E-state index in [2.05, 4.69) is 15.1 Å². The number of aromatic carboxylic acids is 1. The van der Waals surface area contributed by atoms with Crippen molar-refractivity contribution in [1.29, 1.82) is 0 Å². The van der Waals surface area contributed by atoms with Crippen LogP contribution in [0.5, 0.6) is 0 Å². The Hall–Kier alpha value is -2.11. The Morgan fingerprint density at radius 2 is 2.11 bits per heavy atom. The van der Waals surface area contributed by atoms with Crippen LogP contribution >= 0.6 is 0 Å². The Labute approximate surface area is 105 Å². The van der Waals surface area contributed by atoms with Crippen LogP contribution in [0.2, 0.25) is 0 Å². The fraction of sp³-hybridized carbons (Fsp3) is 0.417. The van der Waals surface area contributed by atoms with E-state index < -0.39 is 5.97 Å². The van der Waals surface area contributed by atoms with E-state index in [-0.39, 0.29) is 11.1 Å². The molecule has 0 aliphatic rings. The second-order valence-electron chi connectivity index (χ2n) is 5.20. The van der Waals surface area contributed by atoms with Crippen molar-refractivity contribution in [3.05, 3.63) is 23.8 Å². The molecule has 0 spiro atoms. The number of rotatable bonds is 2. The maximum atomic E-state index is 11.3. The molecule has 0 aliphatic carbocycles. The number of aromatic amines is 1. The average Bonchev–Trinajstić information content (AvgIpc) is 2.81. The largest absolute Gasteiger partial charge is 0.477 e. The number of carboxylic acids is 1. The maximum Gasteiger partial charge on any atom is 0.354 e. The number of hydrogen-bond acceptors (Lipinski definition) is 3. The lowest BCUT2D eigenvalue weighted by Gasteiger charge is -2.13. The van der Waals surface area contributed by atoms with Gasteiger partial charge in [0.15, 0.2) is 5.69 Å². The van der Waals surface area contributed by atoms with Crippen LogP contribution in [0.15, 0.2) is 12.3 Å². The van der Waals surface area contributed by atoms with E-state index in [1.54, 1.807) is 24.0 Å². The molecular formula is C12H16N4O2. The van der Waals surface area contributed by atoms with Gasteiger partial charge in [0, 0.05) is 18.7 Å². The SMILES string of the molecule is Cn1nccc1-c1nc(C(C)(C)C)[nH]c1C(=O)O. The quantitative estimate of drug-likeness (QED) is 0.848. The van der Waals surface area contributed by atoms with Crippen LogP contribution in [-0.4, -0.2) is 30.8 Å². The van der Waals surface area contributed by atoms with Crippen molar-refractivity contribution in [2.45, 2.75) is 26.2 Å². The van der Waals surface area contributed by atoms with Gasteiger partial charge in [-0.05, 0) is 6.07 Å². The average molecular weight is 248 g/mol. The van der Waals surface area contributed by atoms with E-state index in [0.717, 1.165) is 0 Å². The third kappa shape index (κ3) is 2.01. The first-order valence-electron chi connectivity index (χ1n) is 5.63. The number of carboxylic acid groups (broad SMARTS) is 1. The standard InChI is InChI=1S/C12H16N4O2/c1-12(2,3)11-14-8(9(15-11)10(17)18)7-5-6-13-16(7)4/h5-6H,1-4H3,(H,14,15)(H,17,18). The molecule has 0 atom stereocenters. The van der Waals surface area contributed by atoms with Crippen LogP contribution in [0.3, 0.4) is 0 Å². The number of nitrogens with zero attached hydrogens (tertiary/aromatic N) is 3. The van der Waals surface area contributed by atoms with Gasteiger partial charge in [-0.15, -0.1) is 0 Å². The summed E-state index contributed by atoms with van der Waals surface area (Å²) >= 11 is 0. The highest BCUT2D eigenvalue weighted by molar-refractivity contribution is 5.92. The number of aromatic nitrogens is 4. The minimum absolute atomic E-state index is 0.100. The van der Waals surface area contributed by atoms with E-state index in [1.165, 1.54) is 0 Å². The van der Waals surface area contributed by atoms with E-state index in [9.17, 15) is 9.90 Å². The number of imidazole rings is 1. The second kappa shape index (κ2) is 3.97. The summed E-state index contributed by atoms with van der Waals surface area (Å²) in [5.41, 5.74) is 0.969. The topological polar surface area (TPSA) is 83.8 Å². The van der Waals surface area contributed by atoms with E-state index in [4.69, 9.17) is 0 Å². The Bertz CT molecular complexity index is 589. The summed E-state index contributed by atoms with van der Waals surface area (Å²) in [7, 11) is 1.76. The fourth-order valence-corrected chi connectivity index (χ4v) is 1.67. The van der Waals surface area contributed by atoms with Gasteiger partial charge in [0.2, 0.25) is 0 Å². The molecule has 96 valence electrons. The molecule has 0 aromatic carbocycles. The predicted molar refractivity (Wildman–Crippen MR) is 66.4 cm³/mol. The minimum Gasteiger partial charge on any atom is -0.477 e. The van der Waals surface area contributed by atoms with Crippen molar-refractivity contribution >= 4 is 5.97 Å². The first-order chi connectivity index (χ1) is 8.30. The molecule has 0 saturated carbocycles. The van der Waals surface area contributed by atoms with Crippen molar-refractivity contribution in [2.75, 3.05) is 0 Å². The molecule has 0 aliphatic heterocycles. The minimum atomic E-state index is -1.02. The van der Waals surface area contributed by atoms with Crippen LogP contribution < -0.4 is 0 Å². The van der Waals surface area contributed by atoms with Gasteiger partial charge in [0.05, 0.1) is 5.69 Å². The van der Waals surface area contributed by atoms with Crippen LogP contribution in [0.1, 0.15) is 37.1 Å². The summed E-state index contributed by atoms with van der Waals surface area (Å²) in [6.45, 7) is 5.93. The van der Waals surface area contributed by atoms with E-state index in [1.807, 2.05) is 20.8 Å². The highest BCUT2D eigenvalue weighted by Gasteiger charge is 2.25. The fourth-order valence-electron chi connectivity index (χ4n) is 1.67. The van der Waals surface area contributed by atoms with Crippen molar-refractivity contribution in [1.82, 2.24) is 19.7 Å². The lowest BCUT2D eigenvalue weighted by Crippen LogP contribution is -2.13. The zero-order valence-corrected chi connectivity index (χ0v) is 10.9. The summed E-state index contributed by atoms with van der Waals surface area (Å²) in [6.07, 6.45) is 1.62. The molecule has 0 amide bonds. The number of aryl methyl sites for hydroxylation is 1. The van der Waals surface area contributed by atoms with Crippen molar-refractivity contribution in [3.63, 3.8) is 0 Å². The molecule has 0 unspecified atom stereocenters. The van der Waals surface area contributed by atoms with Crippen molar-refractivity contribution < 1.29 is 9.90 Å². The zero-order valence-electron chi connectivity index (χ0n) is 10.9. The molecule has 6 heteroatoms. The normalized spacial score (nSPS) is 11.8. The maximum absolute atomic E-state index is 11.3. The number of carbonyl (C=O) groups is 1. The molecule has 2 heterocycles. The molecule has 18 heavy (non-hydrogen) atoms. The van der Waals surface area contributed by atoms with Crippen LogP contribution in [0.4, 0.5) is 0 Å². The van der Waals surface area contributed by atoms with E-state index >= 15 is 0 Å². The van der Waals surface area contributed by atoms with Crippen LogP contribution in [0.25, 0.3) is 11.4 Å².